The number of piperazine rings is 1. The van der Waals surface area contributed by atoms with Crippen LogP contribution in [0.25, 0.3) is 0 Å². The molecule has 188 valence electrons. The van der Waals surface area contributed by atoms with Crippen LogP contribution >= 0.6 is 0 Å². The molecule has 0 aliphatic carbocycles. The van der Waals surface area contributed by atoms with E-state index in [-0.39, 0.29) is 30.7 Å². The van der Waals surface area contributed by atoms with Crippen molar-refractivity contribution in [1.29, 1.82) is 0 Å². The van der Waals surface area contributed by atoms with Gasteiger partial charge in [0.1, 0.15) is 11.7 Å². The SMILES string of the molecule is CCCC[C@H](CN(O)C=O)C(=O)NC(C(=O)N1CCN(C(=O)c2ccccn2)CC1)C(C)(C)C. The molecule has 0 saturated carbocycles. The number of hydrogen-bond donors (Lipinski definition) is 2. The molecule has 1 saturated heterocycles. The summed E-state index contributed by atoms with van der Waals surface area (Å²) in [5.74, 6) is -1.38. The second-order valence-electron chi connectivity index (χ2n) is 9.71. The largest absolute Gasteiger partial charge is 0.344 e. The van der Waals surface area contributed by atoms with E-state index < -0.39 is 17.4 Å². The van der Waals surface area contributed by atoms with Gasteiger partial charge in [0.2, 0.25) is 18.2 Å². The lowest BCUT2D eigenvalue weighted by molar-refractivity contribution is -0.155. The highest BCUT2D eigenvalue weighted by Crippen LogP contribution is 2.23. The molecular weight excluding hydrogens is 438 g/mol. The van der Waals surface area contributed by atoms with Gasteiger partial charge in [-0.1, -0.05) is 46.6 Å². The Balaban J connectivity index is 2.05. The summed E-state index contributed by atoms with van der Waals surface area (Å²) in [5, 5.41) is 13.0. The minimum absolute atomic E-state index is 0.130. The number of carbonyl (C=O) groups is 4. The van der Waals surface area contributed by atoms with Crippen LogP contribution in [0, 0.1) is 11.3 Å². The zero-order chi connectivity index (χ0) is 25.3. The van der Waals surface area contributed by atoms with Crippen molar-refractivity contribution in [3.05, 3.63) is 30.1 Å². The van der Waals surface area contributed by atoms with Crippen molar-refractivity contribution in [2.45, 2.75) is 53.0 Å². The molecule has 1 aromatic rings. The molecule has 2 N–H and O–H groups in total. The monoisotopic (exact) mass is 475 g/mol. The fourth-order valence-corrected chi connectivity index (χ4v) is 3.90. The van der Waals surface area contributed by atoms with E-state index in [4.69, 9.17) is 0 Å². The van der Waals surface area contributed by atoms with E-state index in [1.54, 1.807) is 34.2 Å². The lowest BCUT2D eigenvalue weighted by atomic mass is 9.85. The van der Waals surface area contributed by atoms with E-state index in [2.05, 4.69) is 10.3 Å². The van der Waals surface area contributed by atoms with Crippen molar-refractivity contribution in [3.8, 4) is 0 Å². The first kappa shape index (κ1) is 27.2. The molecule has 4 amide bonds. The van der Waals surface area contributed by atoms with Gasteiger partial charge in [0, 0.05) is 32.4 Å². The number of hydrogen-bond acceptors (Lipinski definition) is 6. The number of aromatic nitrogens is 1. The normalized spacial score (nSPS) is 15.9. The predicted molar refractivity (Wildman–Crippen MR) is 126 cm³/mol. The number of rotatable bonds is 10. The van der Waals surface area contributed by atoms with Crippen molar-refractivity contribution in [3.63, 3.8) is 0 Å². The molecule has 10 heteroatoms. The van der Waals surface area contributed by atoms with Crippen molar-refractivity contribution >= 4 is 24.1 Å². The maximum absolute atomic E-state index is 13.4. The molecule has 0 bridgehead atoms. The Bertz CT molecular complexity index is 834. The third-order valence-electron chi connectivity index (χ3n) is 5.97. The first-order valence-corrected chi connectivity index (χ1v) is 11.8. The van der Waals surface area contributed by atoms with Crippen LogP contribution in [-0.2, 0) is 14.4 Å². The van der Waals surface area contributed by atoms with Crippen LogP contribution in [0.2, 0.25) is 0 Å². The van der Waals surface area contributed by atoms with E-state index in [1.165, 1.54) is 0 Å². The summed E-state index contributed by atoms with van der Waals surface area (Å²) in [6.45, 7) is 8.96. The summed E-state index contributed by atoms with van der Waals surface area (Å²) in [7, 11) is 0. The summed E-state index contributed by atoms with van der Waals surface area (Å²) < 4.78 is 0. The van der Waals surface area contributed by atoms with Crippen molar-refractivity contribution < 1.29 is 24.4 Å². The Morgan fingerprint density at radius 1 is 1.18 bits per heavy atom. The molecular formula is C24H37N5O5. The van der Waals surface area contributed by atoms with Gasteiger partial charge in [0.25, 0.3) is 5.91 Å². The van der Waals surface area contributed by atoms with Crippen LogP contribution in [0.4, 0.5) is 0 Å². The van der Waals surface area contributed by atoms with Crippen LogP contribution in [0.3, 0.4) is 0 Å². The Kier molecular flexibility index (Phi) is 9.97. The second-order valence-corrected chi connectivity index (χ2v) is 9.71. The van der Waals surface area contributed by atoms with Gasteiger partial charge in [-0.25, -0.2) is 5.06 Å². The first-order chi connectivity index (χ1) is 16.1. The van der Waals surface area contributed by atoms with E-state index in [1.807, 2.05) is 27.7 Å². The molecule has 10 nitrogen and oxygen atoms in total. The zero-order valence-electron chi connectivity index (χ0n) is 20.6. The van der Waals surface area contributed by atoms with Gasteiger partial charge < -0.3 is 15.1 Å². The smallest absolute Gasteiger partial charge is 0.272 e. The summed E-state index contributed by atoms with van der Waals surface area (Å²) >= 11 is 0. The minimum Gasteiger partial charge on any atom is -0.344 e. The number of unbranched alkanes of at least 4 members (excludes halogenated alkanes) is 1. The van der Waals surface area contributed by atoms with Crippen LogP contribution < -0.4 is 5.32 Å². The van der Waals surface area contributed by atoms with E-state index in [0.29, 0.717) is 43.4 Å². The number of nitrogens with one attached hydrogen (secondary N) is 1. The highest BCUT2D eigenvalue weighted by atomic mass is 16.5. The molecule has 1 aromatic heterocycles. The standard InChI is InChI=1S/C24H37N5O5/c1-5-6-9-18(16-29(34)17-30)21(31)26-20(24(2,3)4)23(33)28-14-12-27(13-15-28)22(32)19-10-7-8-11-25-19/h7-8,10-11,17-18,20,34H,5-6,9,12-16H2,1-4H3,(H,26,31)/t18-,20?/m1/s1. The number of nitrogens with zero attached hydrogens (tertiary/aromatic N) is 4. The number of pyridine rings is 1. The maximum Gasteiger partial charge on any atom is 0.272 e. The average molecular weight is 476 g/mol. The Labute approximate surface area is 201 Å². The topological polar surface area (TPSA) is 123 Å². The first-order valence-electron chi connectivity index (χ1n) is 11.8. The van der Waals surface area contributed by atoms with E-state index in [0.717, 1.165) is 12.8 Å². The Hall–Kier alpha value is -3.01. The van der Waals surface area contributed by atoms with Gasteiger partial charge in [-0.05, 0) is 24.0 Å². The van der Waals surface area contributed by atoms with Crippen molar-refractivity contribution in [2.24, 2.45) is 11.3 Å². The molecule has 2 heterocycles. The van der Waals surface area contributed by atoms with Gasteiger partial charge in [-0.3, -0.25) is 29.4 Å². The molecule has 2 rings (SSSR count). The van der Waals surface area contributed by atoms with Crippen molar-refractivity contribution in [1.82, 2.24) is 25.2 Å². The molecule has 0 radical (unpaired) electrons. The maximum atomic E-state index is 13.4. The van der Waals surface area contributed by atoms with Crippen LogP contribution in [0.1, 0.15) is 57.4 Å². The summed E-state index contributed by atoms with van der Waals surface area (Å²) in [5.41, 5.74) is -0.194. The number of amides is 4. The highest BCUT2D eigenvalue weighted by Gasteiger charge is 2.38. The predicted octanol–water partition coefficient (Wildman–Crippen LogP) is 1.55. The average Bonchev–Trinajstić information content (AvgIpc) is 2.83. The lowest BCUT2D eigenvalue weighted by Gasteiger charge is -2.39. The number of carbonyl (C=O) groups excluding carboxylic acids is 4. The third kappa shape index (κ3) is 7.51. The number of hydroxylamine groups is 2. The molecule has 1 aliphatic rings. The summed E-state index contributed by atoms with van der Waals surface area (Å²) in [6.07, 6.45) is 3.95. The minimum atomic E-state index is -0.787. The molecule has 2 atom stereocenters. The summed E-state index contributed by atoms with van der Waals surface area (Å²) in [4.78, 5) is 57.4. The highest BCUT2D eigenvalue weighted by molar-refractivity contribution is 5.93. The van der Waals surface area contributed by atoms with Crippen LogP contribution in [0.5, 0.6) is 0 Å². The molecule has 34 heavy (non-hydrogen) atoms. The Morgan fingerprint density at radius 3 is 2.35 bits per heavy atom. The third-order valence-corrected chi connectivity index (χ3v) is 5.97. The van der Waals surface area contributed by atoms with Gasteiger partial charge in [-0.2, -0.15) is 0 Å². The van der Waals surface area contributed by atoms with Crippen molar-refractivity contribution in [2.75, 3.05) is 32.7 Å². The molecule has 0 aromatic carbocycles. The van der Waals surface area contributed by atoms with E-state index >= 15 is 0 Å². The van der Waals surface area contributed by atoms with Crippen LogP contribution in [-0.4, -0.2) is 88.0 Å². The molecule has 1 unspecified atom stereocenters. The van der Waals surface area contributed by atoms with Crippen LogP contribution in [0.15, 0.2) is 24.4 Å². The van der Waals surface area contributed by atoms with Gasteiger partial charge in [0.05, 0.1) is 12.5 Å². The molecule has 1 aliphatic heterocycles. The van der Waals surface area contributed by atoms with Gasteiger partial charge in [-0.15, -0.1) is 0 Å². The molecule has 1 fully saturated rings. The van der Waals surface area contributed by atoms with Gasteiger partial charge in [0.15, 0.2) is 0 Å². The lowest BCUT2D eigenvalue weighted by Crippen LogP contribution is -2.60. The fraction of sp³-hybridized carbons (Fsp3) is 0.625. The molecule has 0 spiro atoms. The zero-order valence-corrected chi connectivity index (χ0v) is 20.6. The second kappa shape index (κ2) is 12.5. The quantitative estimate of drug-likeness (QED) is 0.301. The van der Waals surface area contributed by atoms with Gasteiger partial charge >= 0.3 is 0 Å². The summed E-state index contributed by atoms with van der Waals surface area (Å²) in [6, 6.07) is 4.39. The van der Waals surface area contributed by atoms with E-state index in [9.17, 15) is 24.4 Å². The fourth-order valence-electron chi connectivity index (χ4n) is 3.90. The Morgan fingerprint density at radius 2 is 1.82 bits per heavy atom.